The molecule has 42 heavy (non-hydrogen) atoms. The Hall–Kier alpha value is -3.18. The van der Waals surface area contributed by atoms with E-state index in [9.17, 15) is 35.9 Å². The van der Waals surface area contributed by atoms with E-state index in [1.807, 2.05) is 0 Å². The van der Waals surface area contributed by atoms with Gasteiger partial charge in [0.05, 0.1) is 29.2 Å². The molecule has 0 bridgehead atoms. The second-order valence-electron chi connectivity index (χ2n) is 9.10. The summed E-state index contributed by atoms with van der Waals surface area (Å²) >= 11 is 5.99. The van der Waals surface area contributed by atoms with Crippen LogP contribution in [0.3, 0.4) is 0 Å². The van der Waals surface area contributed by atoms with Crippen molar-refractivity contribution in [2.24, 2.45) is 0 Å². The molecule has 2 aromatic rings. The zero-order valence-electron chi connectivity index (χ0n) is 21.6. The van der Waals surface area contributed by atoms with Gasteiger partial charge in [0, 0.05) is 25.2 Å². The van der Waals surface area contributed by atoms with Crippen LogP contribution in [0, 0.1) is 0 Å². The number of morpholine rings is 1. The second kappa shape index (κ2) is 13.0. The van der Waals surface area contributed by atoms with Gasteiger partial charge in [-0.15, -0.1) is 0 Å². The highest BCUT2D eigenvalue weighted by molar-refractivity contribution is 8.26. The third-order valence-electron chi connectivity index (χ3n) is 6.17. The molecule has 0 aliphatic carbocycles. The Kier molecular flexibility index (Phi) is 9.82. The lowest BCUT2D eigenvalue weighted by Gasteiger charge is -2.26. The first-order chi connectivity index (χ1) is 19.7. The first-order valence-corrected chi connectivity index (χ1v) is 13.5. The third kappa shape index (κ3) is 8.01. The van der Waals surface area contributed by atoms with Crippen LogP contribution < -0.4 is 10.2 Å². The van der Waals surface area contributed by atoms with E-state index in [1.165, 1.54) is 24.3 Å². The van der Waals surface area contributed by atoms with Crippen LogP contribution in [-0.2, 0) is 26.7 Å². The number of aliphatic carboxylic acids is 1. The zero-order valence-corrected chi connectivity index (χ0v) is 23.2. The first kappa shape index (κ1) is 31.7. The molecular weight excluding hydrogens is 612 g/mol. The number of nitrogens with zero attached hydrogens (tertiary/aromatic N) is 2. The number of thiocarbonyl (C=S) groups is 1. The maximum absolute atomic E-state index is 13.5. The molecule has 0 spiro atoms. The fourth-order valence-electron chi connectivity index (χ4n) is 4.10. The van der Waals surface area contributed by atoms with Gasteiger partial charge in [0.15, 0.2) is 4.32 Å². The summed E-state index contributed by atoms with van der Waals surface area (Å²) < 4.78 is 92.1. The van der Waals surface area contributed by atoms with Crippen molar-refractivity contribution >= 4 is 46.3 Å². The van der Waals surface area contributed by atoms with Crippen LogP contribution in [0.25, 0.3) is 17.2 Å². The lowest BCUT2D eigenvalue weighted by atomic mass is 9.97. The number of thioether (sulfide) groups is 1. The van der Waals surface area contributed by atoms with E-state index in [4.69, 9.17) is 26.8 Å². The topological polar surface area (TPSA) is 91.3 Å². The van der Waals surface area contributed by atoms with Gasteiger partial charge in [-0.05, 0) is 47.5 Å². The van der Waals surface area contributed by atoms with Crippen molar-refractivity contribution < 1.29 is 50.5 Å². The summed E-state index contributed by atoms with van der Waals surface area (Å²) in [5.41, 5.74) is -0.694. The van der Waals surface area contributed by atoms with Gasteiger partial charge < -0.3 is 14.6 Å². The molecule has 2 saturated heterocycles. The summed E-state index contributed by atoms with van der Waals surface area (Å²) in [6, 6.07) is 5.32. The van der Waals surface area contributed by atoms with Crippen molar-refractivity contribution in [2.75, 3.05) is 46.0 Å². The number of nitrogens with one attached hydrogen (secondary N) is 1. The number of carbonyl (C=O) groups is 2. The number of carbonyl (C=O) groups excluding carboxylic acids is 1. The predicted molar refractivity (Wildman–Crippen MR) is 145 cm³/mol. The molecule has 4 rings (SSSR count). The largest absolute Gasteiger partial charge is 0.492 e. The molecule has 2 aromatic carbocycles. The Balaban J connectivity index is 1.71. The summed E-state index contributed by atoms with van der Waals surface area (Å²) in [6.07, 6.45) is -8.72. The van der Waals surface area contributed by atoms with Crippen molar-refractivity contribution in [3.63, 3.8) is 0 Å². The van der Waals surface area contributed by atoms with E-state index in [2.05, 4.69) is 10.3 Å². The molecule has 2 aliphatic rings. The number of ether oxygens (including phenoxy) is 2. The van der Waals surface area contributed by atoms with E-state index in [0.717, 1.165) is 16.8 Å². The monoisotopic (exact) mass is 635 g/mol. The fraction of sp³-hybridized carbons (Fsp3) is 0.346. The minimum Gasteiger partial charge on any atom is -0.492 e. The smallest absolute Gasteiger partial charge is 0.416 e. The molecule has 226 valence electrons. The molecular formula is C26H23F6N3O5S2. The quantitative estimate of drug-likeness (QED) is 0.227. The number of amides is 1. The van der Waals surface area contributed by atoms with E-state index >= 15 is 0 Å². The average molecular weight is 636 g/mol. The van der Waals surface area contributed by atoms with Crippen molar-refractivity contribution in [1.82, 2.24) is 15.3 Å². The maximum Gasteiger partial charge on any atom is 0.416 e. The molecule has 2 N–H and O–H groups in total. The molecule has 0 radical (unpaired) electrons. The van der Waals surface area contributed by atoms with Crippen LogP contribution in [0.2, 0.25) is 0 Å². The van der Waals surface area contributed by atoms with Gasteiger partial charge in [-0.25, -0.2) is 10.4 Å². The maximum atomic E-state index is 13.5. The Morgan fingerprint density at radius 2 is 1.69 bits per heavy atom. The zero-order chi connectivity index (χ0) is 30.7. The Bertz CT molecular complexity index is 1360. The number of carboxylic acids is 1. The molecule has 2 aliphatic heterocycles. The SMILES string of the molecule is O=C(O)CNN1C(=O)C(=Cc2cc(-c3cc(C(F)(F)F)cc(C(F)(F)F)c3)ccc2OCCN2CCOCC2)SC1=S. The van der Waals surface area contributed by atoms with E-state index < -0.39 is 41.9 Å². The molecule has 0 unspecified atom stereocenters. The number of halogens is 6. The number of hydrogen-bond acceptors (Lipinski definition) is 8. The Morgan fingerprint density at radius 3 is 2.29 bits per heavy atom. The van der Waals surface area contributed by atoms with Gasteiger partial charge in [-0.1, -0.05) is 30.0 Å². The number of alkyl halides is 6. The van der Waals surface area contributed by atoms with E-state index in [1.54, 1.807) is 0 Å². The van der Waals surface area contributed by atoms with Gasteiger partial charge in [0.1, 0.15) is 18.9 Å². The molecule has 1 amide bonds. The summed E-state index contributed by atoms with van der Waals surface area (Å²) in [5, 5.41) is 9.77. The van der Waals surface area contributed by atoms with Gasteiger partial charge in [-0.3, -0.25) is 14.5 Å². The van der Waals surface area contributed by atoms with Crippen LogP contribution in [0.15, 0.2) is 41.3 Å². The third-order valence-corrected chi connectivity index (χ3v) is 7.47. The molecule has 0 atom stereocenters. The number of hydrazine groups is 1. The van der Waals surface area contributed by atoms with Gasteiger partial charge in [0.2, 0.25) is 0 Å². The van der Waals surface area contributed by atoms with Crippen LogP contribution in [0.1, 0.15) is 16.7 Å². The molecule has 16 heteroatoms. The molecule has 2 heterocycles. The molecule has 0 aromatic heterocycles. The second-order valence-corrected chi connectivity index (χ2v) is 10.8. The number of benzene rings is 2. The van der Waals surface area contributed by atoms with Crippen molar-refractivity contribution in [1.29, 1.82) is 0 Å². The van der Waals surface area contributed by atoms with E-state index in [-0.39, 0.29) is 44.3 Å². The Morgan fingerprint density at radius 1 is 1.05 bits per heavy atom. The minimum absolute atomic E-state index is 0.00568. The highest BCUT2D eigenvalue weighted by Gasteiger charge is 2.37. The highest BCUT2D eigenvalue weighted by Crippen LogP contribution is 2.40. The normalized spacial score (nSPS) is 17.8. The average Bonchev–Trinajstić information content (AvgIpc) is 3.19. The summed E-state index contributed by atoms with van der Waals surface area (Å²) in [6.45, 7) is 2.64. The van der Waals surface area contributed by atoms with Crippen LogP contribution >= 0.6 is 24.0 Å². The first-order valence-electron chi connectivity index (χ1n) is 12.3. The molecule has 8 nitrogen and oxygen atoms in total. The number of hydrogen-bond donors (Lipinski definition) is 2. The number of rotatable bonds is 9. The minimum atomic E-state index is -5.03. The predicted octanol–water partition coefficient (Wildman–Crippen LogP) is 4.89. The molecule has 2 fully saturated rings. The van der Waals surface area contributed by atoms with Crippen molar-refractivity contribution in [3.05, 3.63) is 58.0 Å². The standard InChI is InChI=1S/C26H23F6N3O5S2/c27-25(28,29)18-10-16(11-19(13-18)26(30,31)32)15-1-2-20(40-8-5-34-3-6-39-7-4-34)17(9-15)12-21-23(38)35(24(41)42-21)33-14-22(36)37/h1-2,9-13,33H,3-8,14H2,(H,36,37). The fourth-order valence-corrected chi connectivity index (χ4v) is 5.30. The number of carboxylic acid groups (broad SMARTS) is 1. The van der Waals surface area contributed by atoms with Crippen LogP contribution in [0.4, 0.5) is 26.3 Å². The van der Waals surface area contributed by atoms with Crippen LogP contribution in [0.5, 0.6) is 5.75 Å². The van der Waals surface area contributed by atoms with Gasteiger partial charge >= 0.3 is 18.3 Å². The van der Waals surface area contributed by atoms with Crippen molar-refractivity contribution in [2.45, 2.75) is 12.4 Å². The lowest BCUT2D eigenvalue weighted by molar-refractivity contribution is -0.143. The van der Waals surface area contributed by atoms with Gasteiger partial charge in [0.25, 0.3) is 5.91 Å². The highest BCUT2D eigenvalue weighted by atomic mass is 32.2. The Labute approximate surface area is 245 Å². The van der Waals surface area contributed by atoms with Crippen molar-refractivity contribution in [3.8, 4) is 16.9 Å². The summed E-state index contributed by atoms with van der Waals surface area (Å²) in [7, 11) is 0. The van der Waals surface area contributed by atoms with E-state index in [0.29, 0.717) is 45.0 Å². The summed E-state index contributed by atoms with van der Waals surface area (Å²) in [4.78, 5) is 26.0. The summed E-state index contributed by atoms with van der Waals surface area (Å²) in [5.74, 6) is -1.70. The lowest BCUT2D eigenvalue weighted by Crippen LogP contribution is -2.43. The molecule has 0 saturated carbocycles. The van der Waals surface area contributed by atoms with Gasteiger partial charge in [-0.2, -0.15) is 26.3 Å². The van der Waals surface area contributed by atoms with Crippen LogP contribution in [-0.4, -0.2) is 77.2 Å².